The summed E-state index contributed by atoms with van der Waals surface area (Å²) >= 11 is 0. The summed E-state index contributed by atoms with van der Waals surface area (Å²) in [5, 5.41) is 24.4. The molecule has 0 atom stereocenters. The van der Waals surface area contributed by atoms with Gasteiger partial charge in [0.05, 0.1) is 58.5 Å². The molecule has 6 heteroatoms. The maximum atomic E-state index is 10.0. The second kappa shape index (κ2) is 11.9. The van der Waals surface area contributed by atoms with Crippen molar-refractivity contribution in [3.8, 4) is 45.8 Å². The van der Waals surface area contributed by atoms with Gasteiger partial charge < -0.3 is 9.13 Å². The summed E-state index contributed by atoms with van der Waals surface area (Å²) in [6.07, 6.45) is 0. The molecule has 0 aliphatic heterocycles. The van der Waals surface area contributed by atoms with E-state index in [9.17, 15) is 10.5 Å². The summed E-state index contributed by atoms with van der Waals surface area (Å²) in [5.74, 6) is 0. The molecule has 52 heavy (non-hydrogen) atoms. The van der Waals surface area contributed by atoms with Crippen LogP contribution in [-0.4, -0.2) is 9.13 Å². The number of rotatable bonds is 4. The first-order chi connectivity index (χ1) is 25.6. The van der Waals surface area contributed by atoms with Crippen molar-refractivity contribution in [1.29, 1.82) is 10.5 Å². The SMILES string of the molecule is [C-]#[N+]c1cccc([N+]#[C-])c1-c1ccc2c3ccc(-c4c(C#N)cccc4C#N)cc3n(-c3cccc(-n4c5ccccc5c5ccccc54)c3)c2c1. The minimum Gasteiger partial charge on any atom is -0.309 e. The minimum atomic E-state index is 0.420. The molecular weight excluding hydrogens is 637 g/mol. The number of hydrogen-bond donors (Lipinski definition) is 0. The second-order valence-corrected chi connectivity index (χ2v) is 12.5. The van der Waals surface area contributed by atoms with E-state index in [0.717, 1.165) is 55.3 Å². The monoisotopic (exact) mass is 660 g/mol. The third kappa shape index (κ3) is 4.47. The van der Waals surface area contributed by atoms with Gasteiger partial charge in [-0.2, -0.15) is 10.5 Å². The van der Waals surface area contributed by atoms with E-state index in [2.05, 4.69) is 122 Å². The van der Waals surface area contributed by atoms with Gasteiger partial charge in [-0.3, -0.25) is 0 Å². The van der Waals surface area contributed by atoms with Gasteiger partial charge in [-0.1, -0.05) is 91.0 Å². The summed E-state index contributed by atoms with van der Waals surface area (Å²) < 4.78 is 4.49. The number of fused-ring (bicyclic) bond motifs is 6. The molecular formula is C46H24N6. The third-order valence-electron chi connectivity index (χ3n) is 9.84. The van der Waals surface area contributed by atoms with Crippen LogP contribution in [0.4, 0.5) is 11.4 Å². The zero-order chi connectivity index (χ0) is 35.3. The molecule has 0 N–H and O–H groups in total. The first-order valence-electron chi connectivity index (χ1n) is 16.6. The molecule has 7 aromatic carbocycles. The van der Waals surface area contributed by atoms with Crippen molar-refractivity contribution in [1.82, 2.24) is 9.13 Å². The van der Waals surface area contributed by atoms with Crippen molar-refractivity contribution in [3.05, 3.63) is 180 Å². The Morgan fingerprint density at radius 2 is 0.865 bits per heavy atom. The maximum absolute atomic E-state index is 10.0. The number of hydrogen-bond acceptors (Lipinski definition) is 2. The fourth-order valence-electron chi connectivity index (χ4n) is 7.64. The van der Waals surface area contributed by atoms with E-state index in [0.29, 0.717) is 33.6 Å². The molecule has 238 valence electrons. The van der Waals surface area contributed by atoms with Crippen LogP contribution >= 0.6 is 0 Å². The number of nitrogens with zero attached hydrogens (tertiary/aromatic N) is 6. The van der Waals surface area contributed by atoms with Crippen molar-refractivity contribution in [3.63, 3.8) is 0 Å². The first-order valence-corrected chi connectivity index (χ1v) is 16.6. The molecule has 0 aliphatic carbocycles. The summed E-state index contributed by atoms with van der Waals surface area (Å²) in [6, 6.07) is 52.5. The Morgan fingerprint density at radius 3 is 1.38 bits per heavy atom. The van der Waals surface area contributed by atoms with Gasteiger partial charge in [-0.15, -0.1) is 0 Å². The summed E-state index contributed by atoms with van der Waals surface area (Å²) in [7, 11) is 0. The van der Waals surface area contributed by atoms with Crippen LogP contribution < -0.4 is 0 Å². The minimum absolute atomic E-state index is 0.420. The van der Waals surface area contributed by atoms with Crippen LogP contribution in [0.1, 0.15) is 11.1 Å². The van der Waals surface area contributed by atoms with Crippen LogP contribution in [0.3, 0.4) is 0 Å². The van der Waals surface area contributed by atoms with E-state index in [-0.39, 0.29) is 0 Å². The van der Waals surface area contributed by atoms with Crippen molar-refractivity contribution in [2.45, 2.75) is 0 Å². The highest BCUT2D eigenvalue weighted by Crippen LogP contribution is 2.43. The zero-order valence-electron chi connectivity index (χ0n) is 27.5. The van der Waals surface area contributed by atoms with Gasteiger partial charge >= 0.3 is 0 Å². The fraction of sp³-hybridized carbons (Fsp3) is 0. The molecule has 0 amide bonds. The van der Waals surface area contributed by atoms with Gasteiger partial charge in [-0.25, -0.2) is 9.69 Å². The predicted octanol–water partition coefficient (Wildman–Crippen LogP) is 12.1. The lowest BCUT2D eigenvalue weighted by Crippen LogP contribution is -1.99. The van der Waals surface area contributed by atoms with E-state index >= 15 is 0 Å². The molecule has 0 aliphatic rings. The lowest BCUT2D eigenvalue weighted by Gasteiger charge is -2.14. The van der Waals surface area contributed by atoms with Crippen molar-refractivity contribution in [2.24, 2.45) is 0 Å². The topological polar surface area (TPSA) is 66.2 Å². The Bertz CT molecular complexity index is 2880. The molecule has 9 aromatic rings. The van der Waals surface area contributed by atoms with E-state index < -0.39 is 0 Å². The van der Waals surface area contributed by atoms with Gasteiger partial charge in [-0.05, 0) is 71.3 Å². The van der Waals surface area contributed by atoms with Gasteiger partial charge in [0, 0.05) is 38.5 Å². The van der Waals surface area contributed by atoms with Gasteiger partial charge in [0.1, 0.15) is 0 Å². The zero-order valence-corrected chi connectivity index (χ0v) is 27.5. The smallest absolute Gasteiger partial charge is 0.184 e. The molecule has 2 heterocycles. The summed E-state index contributed by atoms with van der Waals surface area (Å²) in [6.45, 7) is 15.8. The molecule has 0 bridgehead atoms. The first kappa shape index (κ1) is 30.2. The highest BCUT2D eigenvalue weighted by Gasteiger charge is 2.20. The highest BCUT2D eigenvalue weighted by atomic mass is 15.0. The Hall–Kier alpha value is -7.90. The van der Waals surface area contributed by atoms with Crippen LogP contribution in [0.5, 0.6) is 0 Å². The molecule has 9 rings (SSSR count). The van der Waals surface area contributed by atoms with Crippen LogP contribution in [0.25, 0.3) is 86.9 Å². The van der Waals surface area contributed by atoms with E-state index in [1.807, 2.05) is 18.2 Å². The molecule has 0 saturated heterocycles. The van der Waals surface area contributed by atoms with Crippen LogP contribution in [-0.2, 0) is 0 Å². The molecule has 6 nitrogen and oxygen atoms in total. The Kier molecular flexibility index (Phi) is 6.91. The average molecular weight is 661 g/mol. The number of para-hydroxylation sites is 2. The second-order valence-electron chi connectivity index (χ2n) is 12.5. The van der Waals surface area contributed by atoms with Crippen molar-refractivity contribution in [2.75, 3.05) is 0 Å². The van der Waals surface area contributed by atoms with Gasteiger partial charge in [0.25, 0.3) is 0 Å². The van der Waals surface area contributed by atoms with E-state index in [1.54, 1.807) is 36.4 Å². The Morgan fingerprint density at radius 1 is 0.423 bits per heavy atom. The van der Waals surface area contributed by atoms with Crippen molar-refractivity contribution < 1.29 is 0 Å². The lowest BCUT2D eigenvalue weighted by molar-refractivity contribution is 1.13. The van der Waals surface area contributed by atoms with Crippen LogP contribution in [0, 0.1) is 35.8 Å². The van der Waals surface area contributed by atoms with Crippen LogP contribution in [0.2, 0.25) is 0 Å². The highest BCUT2D eigenvalue weighted by molar-refractivity contribution is 6.12. The fourth-order valence-corrected chi connectivity index (χ4v) is 7.64. The van der Waals surface area contributed by atoms with E-state index in [4.69, 9.17) is 13.1 Å². The van der Waals surface area contributed by atoms with Crippen molar-refractivity contribution >= 4 is 55.0 Å². The van der Waals surface area contributed by atoms with E-state index in [1.165, 1.54) is 10.8 Å². The number of aromatic nitrogens is 2. The molecule has 0 saturated carbocycles. The average Bonchev–Trinajstić information content (AvgIpc) is 3.72. The molecule has 0 radical (unpaired) electrons. The Balaban J connectivity index is 1.37. The largest absolute Gasteiger partial charge is 0.309 e. The normalized spacial score (nSPS) is 11.0. The van der Waals surface area contributed by atoms with Gasteiger partial charge in [0.2, 0.25) is 0 Å². The quantitative estimate of drug-likeness (QED) is 0.176. The molecule has 0 unspecified atom stereocenters. The number of nitriles is 2. The summed E-state index contributed by atoms with van der Waals surface area (Å²) in [5.41, 5.74) is 10.3. The third-order valence-corrected chi connectivity index (χ3v) is 9.84. The van der Waals surface area contributed by atoms with Crippen LogP contribution in [0.15, 0.2) is 146 Å². The van der Waals surface area contributed by atoms with Gasteiger partial charge in [0.15, 0.2) is 11.4 Å². The predicted molar refractivity (Wildman–Crippen MR) is 208 cm³/mol. The molecule has 0 spiro atoms. The number of benzene rings is 7. The molecule has 0 fully saturated rings. The lowest BCUT2D eigenvalue weighted by atomic mass is 9.94. The standard InChI is InChI=1S/C46H24N6/c1-49-39-16-9-17-40(50-2)46(39)30-21-23-38-37-22-20-29(45-31(27-47)10-7-11-32(45)28-48)24-43(37)52(44(38)25-30)34-13-8-12-33(26-34)51-41-18-5-3-14-35(41)36-15-4-6-19-42(36)51/h3-26H. The Labute approximate surface area is 299 Å². The summed E-state index contributed by atoms with van der Waals surface area (Å²) in [4.78, 5) is 7.54. The molecule has 2 aromatic heterocycles. The maximum Gasteiger partial charge on any atom is 0.184 e.